The van der Waals surface area contributed by atoms with E-state index in [0.717, 1.165) is 17.9 Å². The van der Waals surface area contributed by atoms with Crippen LogP contribution in [0, 0.1) is 0 Å². The fourth-order valence-electron chi connectivity index (χ4n) is 2.01. The van der Waals surface area contributed by atoms with Gasteiger partial charge in [0.15, 0.2) is 0 Å². The minimum atomic E-state index is -0.476. The van der Waals surface area contributed by atoms with Crippen LogP contribution in [0.15, 0.2) is 24.3 Å². The lowest BCUT2D eigenvalue weighted by molar-refractivity contribution is 0.0568. The highest BCUT2D eigenvalue weighted by Crippen LogP contribution is 2.32. The van der Waals surface area contributed by atoms with Gasteiger partial charge in [-0.15, -0.1) is 0 Å². The van der Waals surface area contributed by atoms with Gasteiger partial charge in [-0.05, 0) is 39.8 Å². The number of carbonyl (C=O) groups is 1. The number of rotatable bonds is 0. The topological polar surface area (TPSA) is 41.6 Å². The van der Waals surface area contributed by atoms with Crippen LogP contribution in [-0.4, -0.2) is 24.3 Å². The Hall–Kier alpha value is -1.71. The predicted molar refractivity (Wildman–Crippen MR) is 73.1 cm³/mol. The van der Waals surface area contributed by atoms with Crippen molar-refractivity contribution in [2.24, 2.45) is 0 Å². The number of benzene rings is 1. The number of anilines is 2. The second-order valence-corrected chi connectivity index (χ2v) is 5.60. The minimum Gasteiger partial charge on any atom is -0.443 e. The molecule has 4 nitrogen and oxygen atoms in total. The van der Waals surface area contributed by atoms with E-state index in [1.165, 1.54) is 0 Å². The minimum absolute atomic E-state index is 0.0785. The van der Waals surface area contributed by atoms with E-state index < -0.39 is 5.60 Å². The highest BCUT2D eigenvalue weighted by atomic mass is 16.6. The summed E-state index contributed by atoms with van der Waals surface area (Å²) in [5.74, 6) is 0. The van der Waals surface area contributed by atoms with Gasteiger partial charge in [0.25, 0.3) is 0 Å². The molecular weight excluding hydrogens is 228 g/mol. The van der Waals surface area contributed by atoms with Crippen LogP contribution in [0.1, 0.15) is 27.7 Å². The molecule has 0 aromatic heterocycles. The van der Waals surface area contributed by atoms with E-state index in [-0.39, 0.29) is 12.1 Å². The average molecular weight is 248 g/mol. The summed E-state index contributed by atoms with van der Waals surface area (Å²) in [5, 5.41) is 3.31. The SMILES string of the molecule is C[C@@H]1CNc2ccccc2N1C(=O)OC(C)(C)C. The van der Waals surface area contributed by atoms with Crippen LogP contribution in [0.2, 0.25) is 0 Å². The van der Waals surface area contributed by atoms with Crippen molar-refractivity contribution in [1.82, 2.24) is 0 Å². The number of para-hydroxylation sites is 2. The number of ether oxygens (including phenoxy) is 1. The lowest BCUT2D eigenvalue weighted by atomic mass is 10.1. The van der Waals surface area contributed by atoms with Crippen LogP contribution in [0.5, 0.6) is 0 Å². The van der Waals surface area contributed by atoms with Crippen LogP contribution >= 0.6 is 0 Å². The second kappa shape index (κ2) is 4.52. The maximum absolute atomic E-state index is 12.3. The summed E-state index contributed by atoms with van der Waals surface area (Å²) in [6, 6.07) is 7.86. The van der Waals surface area contributed by atoms with Crippen molar-refractivity contribution in [3.8, 4) is 0 Å². The number of carbonyl (C=O) groups excluding carboxylic acids is 1. The van der Waals surface area contributed by atoms with Gasteiger partial charge in [0.05, 0.1) is 17.4 Å². The van der Waals surface area contributed by atoms with Gasteiger partial charge < -0.3 is 10.1 Å². The van der Waals surface area contributed by atoms with Crippen LogP contribution in [0.3, 0.4) is 0 Å². The Bertz CT molecular complexity index is 451. The normalized spacial score (nSPS) is 18.9. The number of fused-ring (bicyclic) bond motifs is 1. The molecule has 1 amide bonds. The van der Waals surface area contributed by atoms with Crippen molar-refractivity contribution in [1.29, 1.82) is 0 Å². The first kappa shape index (κ1) is 12.7. The van der Waals surface area contributed by atoms with Crippen molar-refractivity contribution < 1.29 is 9.53 Å². The van der Waals surface area contributed by atoms with E-state index in [1.54, 1.807) is 4.90 Å². The molecule has 0 bridgehead atoms. The molecule has 1 aromatic carbocycles. The number of amides is 1. The van der Waals surface area contributed by atoms with Gasteiger partial charge in [-0.1, -0.05) is 12.1 Å². The quantitative estimate of drug-likeness (QED) is 0.766. The van der Waals surface area contributed by atoms with E-state index in [9.17, 15) is 4.79 Å². The molecule has 0 spiro atoms. The predicted octanol–water partition coefficient (Wildman–Crippen LogP) is 3.24. The van der Waals surface area contributed by atoms with Gasteiger partial charge in [-0.3, -0.25) is 4.90 Å². The van der Waals surface area contributed by atoms with Crippen LogP contribution < -0.4 is 10.2 Å². The maximum Gasteiger partial charge on any atom is 0.415 e. The molecule has 1 atom stereocenters. The maximum atomic E-state index is 12.3. The molecule has 4 heteroatoms. The smallest absolute Gasteiger partial charge is 0.415 e. The van der Waals surface area contributed by atoms with E-state index >= 15 is 0 Å². The molecule has 0 saturated carbocycles. The molecule has 0 aliphatic carbocycles. The second-order valence-electron chi connectivity index (χ2n) is 5.60. The lowest BCUT2D eigenvalue weighted by Crippen LogP contribution is -2.47. The molecule has 1 N–H and O–H groups in total. The molecule has 2 rings (SSSR count). The number of hydrogen-bond donors (Lipinski definition) is 1. The fourth-order valence-corrected chi connectivity index (χ4v) is 2.01. The summed E-state index contributed by atoms with van der Waals surface area (Å²) in [4.78, 5) is 14.0. The third-order valence-electron chi connectivity index (χ3n) is 2.78. The first-order valence-electron chi connectivity index (χ1n) is 6.23. The van der Waals surface area contributed by atoms with Crippen molar-refractivity contribution in [3.05, 3.63) is 24.3 Å². The number of hydrogen-bond acceptors (Lipinski definition) is 3. The van der Waals surface area contributed by atoms with Crippen LogP contribution in [0.4, 0.5) is 16.2 Å². The van der Waals surface area contributed by atoms with Crippen molar-refractivity contribution in [3.63, 3.8) is 0 Å². The lowest BCUT2D eigenvalue weighted by Gasteiger charge is -2.36. The highest BCUT2D eigenvalue weighted by molar-refractivity contribution is 5.94. The molecule has 1 aliphatic heterocycles. The molecule has 1 heterocycles. The van der Waals surface area contributed by atoms with E-state index in [4.69, 9.17) is 4.74 Å². The molecule has 0 unspecified atom stereocenters. The summed E-state index contributed by atoms with van der Waals surface area (Å²) in [6.07, 6.45) is -0.288. The van der Waals surface area contributed by atoms with Crippen LogP contribution in [-0.2, 0) is 4.74 Å². The van der Waals surface area contributed by atoms with Crippen LogP contribution in [0.25, 0.3) is 0 Å². The zero-order chi connectivity index (χ0) is 13.3. The first-order chi connectivity index (χ1) is 8.38. The Kier molecular flexibility index (Phi) is 3.20. The fraction of sp³-hybridized carbons (Fsp3) is 0.500. The molecule has 0 saturated heterocycles. The summed E-state index contributed by atoms with van der Waals surface area (Å²) in [7, 11) is 0. The standard InChI is InChI=1S/C14H20N2O2/c1-10-9-15-11-7-5-6-8-12(11)16(10)13(17)18-14(2,3)4/h5-8,10,15H,9H2,1-4H3/t10-/m1/s1. The van der Waals surface area contributed by atoms with Gasteiger partial charge in [0.1, 0.15) is 5.60 Å². The molecule has 98 valence electrons. The highest BCUT2D eigenvalue weighted by Gasteiger charge is 2.31. The molecule has 1 aliphatic rings. The van der Waals surface area contributed by atoms with E-state index in [2.05, 4.69) is 5.32 Å². The summed E-state index contributed by atoms with van der Waals surface area (Å²) >= 11 is 0. The Morgan fingerprint density at radius 2 is 2.06 bits per heavy atom. The van der Waals surface area contributed by atoms with Gasteiger partial charge in [-0.25, -0.2) is 4.79 Å². The van der Waals surface area contributed by atoms with Gasteiger partial charge in [0.2, 0.25) is 0 Å². The molecular formula is C14H20N2O2. The van der Waals surface area contributed by atoms with Crippen molar-refractivity contribution >= 4 is 17.5 Å². The monoisotopic (exact) mass is 248 g/mol. The van der Waals surface area contributed by atoms with Crippen molar-refractivity contribution in [2.45, 2.75) is 39.3 Å². The molecule has 0 fully saturated rings. The van der Waals surface area contributed by atoms with Gasteiger partial charge >= 0.3 is 6.09 Å². The Labute approximate surface area is 108 Å². The third-order valence-corrected chi connectivity index (χ3v) is 2.78. The third kappa shape index (κ3) is 2.58. The first-order valence-corrected chi connectivity index (χ1v) is 6.23. The van der Waals surface area contributed by atoms with E-state index in [0.29, 0.717) is 0 Å². The summed E-state index contributed by atoms with van der Waals surface area (Å²) < 4.78 is 5.46. The zero-order valence-corrected chi connectivity index (χ0v) is 11.4. The van der Waals surface area contributed by atoms with Gasteiger partial charge in [0, 0.05) is 6.54 Å². The Morgan fingerprint density at radius 1 is 1.39 bits per heavy atom. The average Bonchev–Trinajstić information content (AvgIpc) is 2.26. The van der Waals surface area contributed by atoms with Crippen molar-refractivity contribution in [2.75, 3.05) is 16.8 Å². The summed E-state index contributed by atoms with van der Waals surface area (Å²) in [5.41, 5.74) is 1.38. The molecule has 18 heavy (non-hydrogen) atoms. The Balaban J connectivity index is 2.29. The van der Waals surface area contributed by atoms with Gasteiger partial charge in [-0.2, -0.15) is 0 Å². The van der Waals surface area contributed by atoms with E-state index in [1.807, 2.05) is 52.0 Å². The number of nitrogens with zero attached hydrogens (tertiary/aromatic N) is 1. The molecule has 1 aromatic rings. The zero-order valence-electron chi connectivity index (χ0n) is 11.4. The largest absolute Gasteiger partial charge is 0.443 e. The number of nitrogens with one attached hydrogen (secondary N) is 1. The molecule has 0 radical (unpaired) electrons. The summed E-state index contributed by atoms with van der Waals surface area (Å²) in [6.45, 7) is 8.38. The Morgan fingerprint density at radius 3 is 2.72 bits per heavy atom.